The highest BCUT2D eigenvalue weighted by Gasteiger charge is 2.36. The molecule has 0 aliphatic rings. The van der Waals surface area contributed by atoms with Gasteiger partial charge in [-0.25, -0.2) is 9.78 Å². The number of hydrogen-bond donors (Lipinski definition) is 2. The largest absolute Gasteiger partial charge is 0.479 e. The first-order valence-electron chi connectivity index (χ1n) is 6.63. The van der Waals surface area contributed by atoms with Crippen molar-refractivity contribution in [2.24, 2.45) is 0 Å². The molecule has 1 aromatic heterocycles. The monoisotopic (exact) mass is 308 g/mol. The zero-order valence-corrected chi connectivity index (χ0v) is 12.4. The first-order valence-corrected chi connectivity index (χ1v) is 7.01. The van der Waals surface area contributed by atoms with Crippen LogP contribution in [0.3, 0.4) is 0 Å². The van der Waals surface area contributed by atoms with Crippen molar-refractivity contribution in [3.8, 4) is 0 Å². The van der Waals surface area contributed by atoms with Gasteiger partial charge < -0.3 is 14.8 Å². The summed E-state index contributed by atoms with van der Waals surface area (Å²) in [6, 6.07) is 7.61. The number of halogens is 1. The number of aromatic nitrogens is 2. The van der Waals surface area contributed by atoms with E-state index < -0.39 is 11.6 Å². The van der Waals surface area contributed by atoms with Gasteiger partial charge in [0.25, 0.3) is 0 Å². The van der Waals surface area contributed by atoms with E-state index in [9.17, 15) is 9.90 Å². The molecule has 2 aromatic rings. The van der Waals surface area contributed by atoms with Crippen LogP contribution in [0.1, 0.15) is 24.7 Å². The van der Waals surface area contributed by atoms with Crippen molar-refractivity contribution in [1.29, 1.82) is 0 Å². The standard InChI is InChI=1S/C15H17ClN2O3/c1-15(21,14(19)20)13-17-8-10-18(13)9-2-3-11-4-6-12(16)7-5-11/h4-8,10,21H,2-3,9H2,1H3,(H,19,20). The fourth-order valence-corrected chi connectivity index (χ4v) is 2.24. The summed E-state index contributed by atoms with van der Waals surface area (Å²) < 4.78 is 1.67. The molecule has 0 bridgehead atoms. The van der Waals surface area contributed by atoms with Gasteiger partial charge in [0.05, 0.1) is 0 Å². The second-order valence-electron chi connectivity index (χ2n) is 5.05. The number of aliphatic carboxylic acids is 1. The third kappa shape index (κ3) is 3.62. The molecule has 0 aliphatic heterocycles. The smallest absolute Gasteiger partial charge is 0.343 e. The fourth-order valence-electron chi connectivity index (χ4n) is 2.12. The molecule has 0 radical (unpaired) electrons. The van der Waals surface area contributed by atoms with E-state index in [1.165, 1.54) is 13.1 Å². The molecule has 0 amide bonds. The number of carboxylic acid groups (broad SMARTS) is 1. The van der Waals surface area contributed by atoms with E-state index in [4.69, 9.17) is 16.7 Å². The Morgan fingerprint density at radius 3 is 2.67 bits per heavy atom. The van der Waals surface area contributed by atoms with Crippen LogP contribution in [0.4, 0.5) is 0 Å². The summed E-state index contributed by atoms with van der Waals surface area (Å²) in [5, 5.41) is 19.7. The molecule has 1 aromatic carbocycles. The Hall–Kier alpha value is -1.85. The predicted octanol–water partition coefficient (Wildman–Crippen LogP) is 2.46. The van der Waals surface area contributed by atoms with Crippen LogP contribution in [0.15, 0.2) is 36.7 Å². The number of aliphatic hydroxyl groups is 1. The number of hydrogen-bond acceptors (Lipinski definition) is 3. The summed E-state index contributed by atoms with van der Waals surface area (Å²) in [4.78, 5) is 15.0. The van der Waals surface area contributed by atoms with Gasteiger partial charge in [-0.05, 0) is 37.5 Å². The van der Waals surface area contributed by atoms with Gasteiger partial charge >= 0.3 is 5.97 Å². The summed E-state index contributed by atoms with van der Waals surface area (Å²) >= 11 is 5.83. The lowest BCUT2D eigenvalue weighted by molar-refractivity contribution is -0.158. The van der Waals surface area contributed by atoms with Crippen molar-refractivity contribution in [3.63, 3.8) is 0 Å². The molecular weight excluding hydrogens is 292 g/mol. The van der Waals surface area contributed by atoms with Gasteiger partial charge in [0, 0.05) is 24.0 Å². The van der Waals surface area contributed by atoms with Crippen molar-refractivity contribution >= 4 is 17.6 Å². The molecule has 6 heteroatoms. The van der Waals surface area contributed by atoms with Gasteiger partial charge in [0.15, 0.2) is 5.82 Å². The number of carboxylic acids is 1. The van der Waals surface area contributed by atoms with E-state index in [0.29, 0.717) is 11.6 Å². The van der Waals surface area contributed by atoms with Gasteiger partial charge in [-0.1, -0.05) is 23.7 Å². The average Bonchev–Trinajstić information content (AvgIpc) is 2.90. The summed E-state index contributed by atoms with van der Waals surface area (Å²) in [7, 11) is 0. The maximum atomic E-state index is 11.1. The highest BCUT2D eigenvalue weighted by molar-refractivity contribution is 6.30. The van der Waals surface area contributed by atoms with Crippen LogP contribution < -0.4 is 0 Å². The van der Waals surface area contributed by atoms with Crippen molar-refractivity contribution in [2.75, 3.05) is 0 Å². The number of rotatable bonds is 6. The average molecular weight is 309 g/mol. The van der Waals surface area contributed by atoms with Crippen LogP contribution in [0.25, 0.3) is 0 Å². The van der Waals surface area contributed by atoms with Crippen LogP contribution in [0, 0.1) is 0 Å². The van der Waals surface area contributed by atoms with Crippen LogP contribution >= 0.6 is 11.6 Å². The van der Waals surface area contributed by atoms with Crippen LogP contribution in [-0.4, -0.2) is 25.7 Å². The molecule has 1 unspecified atom stereocenters. The summed E-state index contributed by atoms with van der Waals surface area (Å²) in [5.74, 6) is -1.17. The number of nitrogens with zero attached hydrogens (tertiary/aromatic N) is 2. The zero-order chi connectivity index (χ0) is 15.5. The molecule has 1 heterocycles. The summed E-state index contributed by atoms with van der Waals surface area (Å²) in [6.07, 6.45) is 4.81. The second kappa shape index (κ2) is 6.28. The third-order valence-corrected chi connectivity index (χ3v) is 3.60. The number of imidazole rings is 1. The van der Waals surface area contributed by atoms with Crippen LogP contribution in [0.5, 0.6) is 0 Å². The molecule has 0 aliphatic carbocycles. The van der Waals surface area contributed by atoms with Crippen molar-refractivity contribution in [1.82, 2.24) is 9.55 Å². The van der Waals surface area contributed by atoms with E-state index in [2.05, 4.69) is 4.98 Å². The Morgan fingerprint density at radius 1 is 1.38 bits per heavy atom. The lowest BCUT2D eigenvalue weighted by Crippen LogP contribution is -2.35. The van der Waals surface area contributed by atoms with E-state index in [1.807, 2.05) is 24.3 Å². The number of carbonyl (C=O) groups is 1. The normalized spacial score (nSPS) is 13.9. The van der Waals surface area contributed by atoms with Crippen molar-refractivity contribution in [3.05, 3.63) is 53.1 Å². The molecular formula is C15H17ClN2O3. The molecule has 0 saturated carbocycles. The molecule has 5 nitrogen and oxygen atoms in total. The Bertz CT molecular complexity index is 620. The quantitative estimate of drug-likeness (QED) is 0.859. The van der Waals surface area contributed by atoms with Crippen molar-refractivity contribution in [2.45, 2.75) is 31.9 Å². The summed E-state index contributed by atoms with van der Waals surface area (Å²) in [6.45, 7) is 1.81. The fraction of sp³-hybridized carbons (Fsp3) is 0.333. The van der Waals surface area contributed by atoms with Gasteiger partial charge in [0.2, 0.25) is 5.60 Å². The molecule has 0 fully saturated rings. The van der Waals surface area contributed by atoms with Gasteiger partial charge in [-0.15, -0.1) is 0 Å². The molecule has 2 rings (SSSR count). The van der Waals surface area contributed by atoms with Gasteiger partial charge in [-0.3, -0.25) is 0 Å². The van der Waals surface area contributed by atoms with Gasteiger partial charge in [0.1, 0.15) is 0 Å². The maximum Gasteiger partial charge on any atom is 0.343 e. The minimum atomic E-state index is -1.98. The lowest BCUT2D eigenvalue weighted by atomic mass is 10.1. The Morgan fingerprint density at radius 2 is 2.05 bits per heavy atom. The molecule has 1 atom stereocenters. The van der Waals surface area contributed by atoms with Crippen molar-refractivity contribution < 1.29 is 15.0 Å². The minimum Gasteiger partial charge on any atom is -0.479 e. The first-order chi connectivity index (χ1) is 9.91. The van der Waals surface area contributed by atoms with Crippen LogP contribution in [0.2, 0.25) is 5.02 Å². The predicted molar refractivity (Wildman–Crippen MR) is 79.2 cm³/mol. The third-order valence-electron chi connectivity index (χ3n) is 3.35. The minimum absolute atomic E-state index is 0.145. The van der Waals surface area contributed by atoms with E-state index in [-0.39, 0.29) is 5.82 Å². The number of aryl methyl sites for hydroxylation is 2. The number of benzene rings is 1. The van der Waals surface area contributed by atoms with E-state index in [1.54, 1.807) is 10.8 Å². The molecule has 0 saturated heterocycles. The Kier molecular flexibility index (Phi) is 4.65. The van der Waals surface area contributed by atoms with E-state index >= 15 is 0 Å². The molecule has 2 N–H and O–H groups in total. The zero-order valence-electron chi connectivity index (χ0n) is 11.7. The first kappa shape index (κ1) is 15.5. The topological polar surface area (TPSA) is 75.3 Å². The SMILES string of the molecule is CC(O)(C(=O)O)c1nccn1CCCc1ccc(Cl)cc1. The van der Waals surface area contributed by atoms with E-state index in [0.717, 1.165) is 18.4 Å². The maximum absolute atomic E-state index is 11.1. The lowest BCUT2D eigenvalue weighted by Gasteiger charge is -2.19. The molecule has 21 heavy (non-hydrogen) atoms. The Labute approximate surface area is 127 Å². The highest BCUT2D eigenvalue weighted by Crippen LogP contribution is 2.19. The van der Waals surface area contributed by atoms with Gasteiger partial charge in [-0.2, -0.15) is 0 Å². The molecule has 0 spiro atoms. The van der Waals surface area contributed by atoms with Crippen LogP contribution in [-0.2, 0) is 23.4 Å². The highest BCUT2D eigenvalue weighted by atomic mass is 35.5. The summed E-state index contributed by atoms with van der Waals surface area (Å²) in [5.41, 5.74) is -0.824. The molecule has 112 valence electrons. The Balaban J connectivity index is 2.00. The second-order valence-corrected chi connectivity index (χ2v) is 5.49.